The van der Waals surface area contributed by atoms with Crippen molar-refractivity contribution in [1.82, 2.24) is 9.38 Å². The van der Waals surface area contributed by atoms with Gasteiger partial charge in [0.15, 0.2) is 7.14 Å². The maximum absolute atomic E-state index is 16.7. The van der Waals surface area contributed by atoms with Crippen molar-refractivity contribution >= 4 is 115 Å². The molecule has 1 atom stereocenters. The third kappa shape index (κ3) is 4.99. The number of para-hydroxylation sites is 2. The second kappa shape index (κ2) is 13.0. The summed E-state index contributed by atoms with van der Waals surface area (Å²) in [6, 6.07) is 75.1. The van der Waals surface area contributed by atoms with E-state index in [1.807, 2.05) is 0 Å². The lowest BCUT2D eigenvalue weighted by Crippen LogP contribution is -2.26. The van der Waals surface area contributed by atoms with Crippen molar-refractivity contribution < 1.29 is 4.57 Å². The highest BCUT2D eigenvalue weighted by Crippen LogP contribution is 2.47. The lowest BCUT2D eigenvalue weighted by atomic mass is 9.97. The molecule has 11 aromatic carbocycles. The van der Waals surface area contributed by atoms with E-state index in [-0.39, 0.29) is 0 Å². The lowest BCUT2D eigenvalue weighted by molar-refractivity contribution is 0.592. The highest BCUT2D eigenvalue weighted by Gasteiger charge is 2.33. The first kappa shape index (κ1) is 34.3. The van der Waals surface area contributed by atoms with Crippen LogP contribution in [-0.2, 0) is 4.57 Å². The molecule has 3 nitrogen and oxygen atoms in total. The summed E-state index contributed by atoms with van der Waals surface area (Å²) in [7, 11) is -3.45. The zero-order valence-electron chi connectivity index (χ0n) is 33.0. The van der Waals surface area contributed by atoms with Crippen molar-refractivity contribution in [3.05, 3.63) is 212 Å². The van der Waals surface area contributed by atoms with Gasteiger partial charge < -0.3 is 4.57 Å². The van der Waals surface area contributed by atoms with Crippen molar-refractivity contribution in [3.8, 4) is 11.1 Å². The van der Waals surface area contributed by atoms with Crippen LogP contribution in [0.3, 0.4) is 0 Å². The summed E-state index contributed by atoms with van der Waals surface area (Å²) in [5.74, 6) is 0. The number of hydrogen-bond donors (Lipinski definition) is 0. The minimum Gasteiger partial charge on any atom is -0.309 e. The molecule has 0 bridgehead atoms. The molecule has 2 heterocycles. The third-order valence-corrected chi connectivity index (χ3v) is 16.1. The summed E-state index contributed by atoms with van der Waals surface area (Å²) in [6.45, 7) is 0. The van der Waals surface area contributed by atoms with Gasteiger partial charge in [0, 0.05) is 32.1 Å². The van der Waals surface area contributed by atoms with Gasteiger partial charge in [0.25, 0.3) is 0 Å². The van der Waals surface area contributed by atoms with E-state index in [0.717, 1.165) is 97.7 Å². The Labute approximate surface area is 351 Å². The molecule has 0 saturated heterocycles. The average Bonchev–Trinajstić information content (AvgIpc) is 3.73. The molecule has 0 aliphatic carbocycles. The van der Waals surface area contributed by atoms with Crippen LogP contribution in [-0.4, -0.2) is 9.38 Å². The Morgan fingerprint density at radius 2 is 0.902 bits per heavy atom. The van der Waals surface area contributed by atoms with E-state index >= 15 is 4.57 Å². The van der Waals surface area contributed by atoms with E-state index < -0.39 is 7.14 Å². The van der Waals surface area contributed by atoms with Crippen molar-refractivity contribution in [2.24, 2.45) is 0 Å². The first-order valence-electron chi connectivity index (χ1n) is 20.8. The van der Waals surface area contributed by atoms with Gasteiger partial charge in [0.2, 0.25) is 0 Å². The molecular formula is C57H35N2OP. The summed E-state index contributed by atoms with van der Waals surface area (Å²) in [4.78, 5) is 5.14. The average molecular weight is 795 g/mol. The monoisotopic (exact) mass is 794 g/mol. The predicted molar refractivity (Wildman–Crippen MR) is 260 cm³/mol. The van der Waals surface area contributed by atoms with Crippen LogP contribution < -0.4 is 15.9 Å². The molecule has 0 aliphatic heterocycles. The Bertz CT molecular complexity index is 4030. The van der Waals surface area contributed by atoms with Crippen LogP contribution in [0.4, 0.5) is 0 Å². The summed E-state index contributed by atoms with van der Waals surface area (Å²) in [6.07, 6.45) is 0. The van der Waals surface area contributed by atoms with Crippen molar-refractivity contribution in [2.75, 3.05) is 0 Å². The molecule has 0 aliphatic rings. The Kier molecular flexibility index (Phi) is 7.29. The van der Waals surface area contributed by atoms with Gasteiger partial charge in [-0.1, -0.05) is 182 Å². The third-order valence-electron chi connectivity index (χ3n) is 13.0. The van der Waals surface area contributed by atoms with Crippen LogP contribution in [0.25, 0.3) is 103 Å². The van der Waals surface area contributed by atoms with Crippen LogP contribution in [0.5, 0.6) is 0 Å². The number of imidazole rings is 1. The molecule has 1 unspecified atom stereocenters. The van der Waals surface area contributed by atoms with E-state index in [1.54, 1.807) is 0 Å². The van der Waals surface area contributed by atoms with E-state index in [9.17, 15) is 0 Å². The van der Waals surface area contributed by atoms with Gasteiger partial charge in [0.05, 0.1) is 16.6 Å². The Balaban J connectivity index is 1.01. The summed E-state index contributed by atoms with van der Waals surface area (Å²) in [5, 5.41) is 17.3. The molecule has 0 N–H and O–H groups in total. The lowest BCUT2D eigenvalue weighted by Gasteiger charge is -2.23. The maximum atomic E-state index is 16.7. The van der Waals surface area contributed by atoms with Gasteiger partial charge in [0.1, 0.15) is 5.65 Å². The number of nitrogens with zero attached hydrogens (tertiary/aromatic N) is 2. The Morgan fingerprint density at radius 1 is 0.361 bits per heavy atom. The number of aromatic nitrogens is 2. The van der Waals surface area contributed by atoms with Crippen molar-refractivity contribution in [2.45, 2.75) is 0 Å². The first-order valence-corrected chi connectivity index (χ1v) is 22.5. The molecule has 0 radical (unpaired) electrons. The summed E-state index contributed by atoms with van der Waals surface area (Å²) in [5.41, 5.74) is 6.40. The molecule has 13 rings (SSSR count). The fraction of sp³-hybridized carbons (Fsp3) is 0. The second-order valence-electron chi connectivity index (χ2n) is 16.2. The minimum atomic E-state index is -3.45. The summed E-state index contributed by atoms with van der Waals surface area (Å²) >= 11 is 0. The molecule has 0 amide bonds. The van der Waals surface area contributed by atoms with E-state index in [0.29, 0.717) is 0 Å². The number of rotatable bonds is 4. The number of benzene rings is 11. The molecule has 0 fully saturated rings. The van der Waals surface area contributed by atoms with Gasteiger partial charge >= 0.3 is 0 Å². The molecule has 284 valence electrons. The number of hydrogen-bond acceptors (Lipinski definition) is 2. The quantitative estimate of drug-likeness (QED) is 0.131. The number of fused-ring (bicyclic) bond motifs is 16. The van der Waals surface area contributed by atoms with Crippen molar-refractivity contribution in [1.29, 1.82) is 0 Å². The predicted octanol–water partition coefficient (Wildman–Crippen LogP) is 13.9. The highest BCUT2D eigenvalue weighted by atomic mass is 31.2. The zero-order chi connectivity index (χ0) is 40.2. The van der Waals surface area contributed by atoms with Crippen molar-refractivity contribution in [3.63, 3.8) is 0 Å². The van der Waals surface area contributed by atoms with Gasteiger partial charge in [-0.05, 0) is 95.3 Å². The molecule has 2 aromatic heterocycles. The minimum absolute atomic E-state index is 0.810. The van der Waals surface area contributed by atoms with Gasteiger partial charge in [-0.3, -0.25) is 4.40 Å². The normalized spacial score (nSPS) is 13.1. The maximum Gasteiger partial charge on any atom is 0.171 e. The fourth-order valence-corrected chi connectivity index (χ4v) is 12.9. The zero-order valence-corrected chi connectivity index (χ0v) is 33.9. The van der Waals surface area contributed by atoms with Crippen LogP contribution in [0.15, 0.2) is 212 Å². The molecule has 61 heavy (non-hydrogen) atoms. The Hall–Kier alpha value is -7.58. The molecule has 13 aromatic rings. The smallest absolute Gasteiger partial charge is 0.171 e. The summed E-state index contributed by atoms with van der Waals surface area (Å²) < 4.78 is 19.0. The van der Waals surface area contributed by atoms with E-state index in [1.165, 1.54) is 21.5 Å². The SMILES string of the molecule is O=P(c1ccc(-c2ccc3c(ccc4c5ccccc5c5nc6ccccc6n5c34)c2)cc1)(c1ccc2ccc3ccccc3c2c1)c1cc2ccccc2c2ccccc12. The Morgan fingerprint density at radius 3 is 1.70 bits per heavy atom. The van der Waals surface area contributed by atoms with Crippen LogP contribution in [0, 0.1) is 0 Å². The first-order chi connectivity index (χ1) is 30.1. The van der Waals surface area contributed by atoms with Gasteiger partial charge in [-0.25, -0.2) is 4.98 Å². The van der Waals surface area contributed by atoms with E-state index in [4.69, 9.17) is 4.98 Å². The number of pyridine rings is 1. The standard InChI is InChI=1S/C57H35N2OP/c60-61(43-30-25-38-22-21-37-11-1-3-13-44(37)52(38)35-43,55-34-40-12-2-4-14-45(40)47-15-5-7-17-49(47)55)42-28-23-36(24-29-42)39-26-31-46-41(33-39)27-32-50-48-16-6-8-18-51(48)57-58-53-19-9-10-20-54(53)59(57)56(46)50/h1-35H. The van der Waals surface area contributed by atoms with Gasteiger partial charge in [-0.15, -0.1) is 0 Å². The highest BCUT2D eigenvalue weighted by molar-refractivity contribution is 7.85. The molecule has 0 saturated carbocycles. The molecule has 0 spiro atoms. The molecule has 4 heteroatoms. The fourth-order valence-electron chi connectivity index (χ4n) is 10.1. The van der Waals surface area contributed by atoms with Crippen LogP contribution >= 0.6 is 7.14 Å². The molecular weight excluding hydrogens is 760 g/mol. The van der Waals surface area contributed by atoms with E-state index in [2.05, 4.69) is 217 Å². The largest absolute Gasteiger partial charge is 0.309 e. The second-order valence-corrected chi connectivity index (χ2v) is 18.9. The van der Waals surface area contributed by atoms with Crippen LogP contribution in [0.2, 0.25) is 0 Å². The van der Waals surface area contributed by atoms with Crippen LogP contribution in [0.1, 0.15) is 0 Å². The van der Waals surface area contributed by atoms with Gasteiger partial charge in [-0.2, -0.15) is 0 Å². The topological polar surface area (TPSA) is 34.4 Å².